The molecule has 0 fully saturated rings. The Labute approximate surface area is 176 Å². The van der Waals surface area contributed by atoms with Crippen molar-refractivity contribution in [2.75, 3.05) is 0 Å². The first-order valence-electron chi connectivity index (χ1n) is 10.1. The molecule has 0 aliphatic heterocycles. The summed E-state index contributed by atoms with van der Waals surface area (Å²) in [6.45, 7) is 11.9. The van der Waals surface area contributed by atoms with E-state index in [-0.39, 0.29) is 18.1 Å². The molecule has 3 rings (SSSR count). The number of aryl methyl sites for hydroxylation is 1. The van der Waals surface area contributed by atoms with E-state index in [1.54, 1.807) is 12.1 Å². The van der Waals surface area contributed by atoms with E-state index < -0.39 is 11.6 Å². The van der Waals surface area contributed by atoms with Crippen molar-refractivity contribution in [2.45, 2.75) is 59.7 Å². The van der Waals surface area contributed by atoms with Gasteiger partial charge in [-0.15, -0.1) is 0 Å². The van der Waals surface area contributed by atoms with Crippen LogP contribution in [-0.2, 0) is 16.8 Å². The highest BCUT2D eigenvalue weighted by Crippen LogP contribution is 2.31. The van der Waals surface area contributed by atoms with Gasteiger partial charge < -0.3 is 13.9 Å². The second kappa shape index (κ2) is 8.34. The lowest BCUT2D eigenvalue weighted by molar-refractivity contribution is 0.0469. The lowest BCUT2D eigenvalue weighted by Crippen LogP contribution is -2.13. The maximum Gasteiger partial charge on any atom is 0.338 e. The Balaban J connectivity index is 1.92. The van der Waals surface area contributed by atoms with Gasteiger partial charge in [-0.1, -0.05) is 32.9 Å². The van der Waals surface area contributed by atoms with Crippen molar-refractivity contribution < 1.29 is 18.7 Å². The van der Waals surface area contributed by atoms with Gasteiger partial charge in [0.15, 0.2) is 0 Å². The van der Waals surface area contributed by atoms with Crippen LogP contribution in [-0.4, -0.2) is 12.1 Å². The van der Waals surface area contributed by atoms with Gasteiger partial charge in [0, 0.05) is 11.5 Å². The van der Waals surface area contributed by atoms with Gasteiger partial charge in [0.25, 0.3) is 0 Å². The summed E-state index contributed by atoms with van der Waals surface area (Å²) >= 11 is 0. The monoisotopic (exact) mass is 408 g/mol. The third kappa shape index (κ3) is 4.73. The zero-order chi connectivity index (χ0) is 22.1. The van der Waals surface area contributed by atoms with Crippen LogP contribution in [0, 0.1) is 6.92 Å². The van der Waals surface area contributed by atoms with Gasteiger partial charge in [-0.2, -0.15) is 0 Å². The summed E-state index contributed by atoms with van der Waals surface area (Å²) < 4.78 is 16.9. The largest absolute Gasteiger partial charge is 0.490 e. The van der Waals surface area contributed by atoms with Crippen molar-refractivity contribution >= 4 is 16.9 Å². The second-order valence-electron chi connectivity index (χ2n) is 8.74. The van der Waals surface area contributed by atoms with Crippen LogP contribution in [0.2, 0.25) is 0 Å². The molecule has 0 aliphatic rings. The Morgan fingerprint density at radius 3 is 2.33 bits per heavy atom. The number of ether oxygens (including phenoxy) is 2. The fourth-order valence-electron chi connectivity index (χ4n) is 3.25. The molecule has 158 valence electrons. The summed E-state index contributed by atoms with van der Waals surface area (Å²) in [5.41, 5.74) is 2.87. The van der Waals surface area contributed by atoms with Gasteiger partial charge in [0.05, 0.1) is 17.2 Å². The summed E-state index contributed by atoms with van der Waals surface area (Å²) in [5.74, 6) is 0.0834. The number of esters is 1. The third-order valence-corrected chi connectivity index (χ3v) is 4.88. The number of benzene rings is 2. The molecule has 0 atom stereocenters. The smallest absolute Gasteiger partial charge is 0.338 e. The molecule has 2 aromatic carbocycles. The Kier molecular flexibility index (Phi) is 6.01. The Hall–Kier alpha value is -3.08. The van der Waals surface area contributed by atoms with E-state index >= 15 is 0 Å². The van der Waals surface area contributed by atoms with Crippen molar-refractivity contribution in [1.29, 1.82) is 0 Å². The van der Waals surface area contributed by atoms with E-state index in [0.717, 1.165) is 16.5 Å². The number of carbonyl (C=O) groups is 1. The van der Waals surface area contributed by atoms with Crippen molar-refractivity contribution in [3.05, 3.63) is 75.1 Å². The number of carbonyl (C=O) groups excluding carboxylic acids is 1. The van der Waals surface area contributed by atoms with Gasteiger partial charge in [-0.3, -0.25) is 0 Å². The molecule has 0 spiro atoms. The first kappa shape index (κ1) is 21.6. The normalized spacial score (nSPS) is 11.7. The molecular formula is C25H28O5. The Bertz CT molecular complexity index is 1120. The van der Waals surface area contributed by atoms with Crippen LogP contribution in [0.15, 0.2) is 51.7 Å². The molecule has 5 heteroatoms. The average Bonchev–Trinajstić information content (AvgIpc) is 2.65. The minimum atomic E-state index is -0.452. The molecule has 3 aromatic rings. The lowest BCUT2D eigenvalue weighted by atomic mass is 9.87. The maximum atomic E-state index is 12.6. The average molecular weight is 408 g/mol. The van der Waals surface area contributed by atoms with Crippen molar-refractivity contribution in [3.63, 3.8) is 0 Å². The predicted octanol–water partition coefficient (Wildman–Crippen LogP) is 5.54. The van der Waals surface area contributed by atoms with Crippen molar-refractivity contribution in [1.82, 2.24) is 0 Å². The molecule has 0 N–H and O–H groups in total. The van der Waals surface area contributed by atoms with Crippen LogP contribution in [0.5, 0.6) is 5.75 Å². The highest BCUT2D eigenvalue weighted by molar-refractivity contribution is 5.90. The van der Waals surface area contributed by atoms with E-state index in [2.05, 4.69) is 20.8 Å². The fraction of sp³-hybridized carbons (Fsp3) is 0.360. The molecule has 5 nitrogen and oxygen atoms in total. The van der Waals surface area contributed by atoms with Crippen LogP contribution in [0.3, 0.4) is 0 Å². The van der Waals surface area contributed by atoms with Crippen LogP contribution in [0.1, 0.15) is 61.7 Å². The summed E-state index contributed by atoms with van der Waals surface area (Å²) in [4.78, 5) is 24.6. The third-order valence-electron chi connectivity index (χ3n) is 4.88. The first-order valence-corrected chi connectivity index (χ1v) is 10.1. The van der Waals surface area contributed by atoms with Gasteiger partial charge in [-0.25, -0.2) is 9.59 Å². The van der Waals surface area contributed by atoms with Crippen LogP contribution in [0.25, 0.3) is 11.0 Å². The molecule has 0 saturated heterocycles. The highest BCUT2D eigenvalue weighted by Gasteiger charge is 2.18. The Morgan fingerprint density at radius 2 is 1.73 bits per heavy atom. The zero-order valence-electron chi connectivity index (χ0n) is 18.4. The van der Waals surface area contributed by atoms with Gasteiger partial charge >= 0.3 is 11.6 Å². The van der Waals surface area contributed by atoms with E-state index in [0.29, 0.717) is 22.5 Å². The lowest BCUT2D eigenvalue weighted by Gasteiger charge is -2.19. The fourth-order valence-corrected chi connectivity index (χ4v) is 3.25. The van der Waals surface area contributed by atoms with Crippen LogP contribution >= 0.6 is 0 Å². The summed E-state index contributed by atoms with van der Waals surface area (Å²) in [6.07, 6.45) is -0.0848. The molecular weight excluding hydrogens is 380 g/mol. The van der Waals surface area contributed by atoms with Gasteiger partial charge in [-0.05, 0) is 61.6 Å². The van der Waals surface area contributed by atoms with E-state index in [9.17, 15) is 9.59 Å². The minimum absolute atomic E-state index is 0.00385. The molecule has 0 bridgehead atoms. The molecule has 0 aliphatic carbocycles. The minimum Gasteiger partial charge on any atom is -0.490 e. The zero-order valence-corrected chi connectivity index (χ0v) is 18.4. The Morgan fingerprint density at radius 1 is 1.07 bits per heavy atom. The SMILES string of the molecule is Cc1cc(=O)oc2c(COC(=O)c3ccc(C(C)(C)C)cc3)c(OC(C)C)ccc12. The summed E-state index contributed by atoms with van der Waals surface area (Å²) in [5, 5.41) is 0.784. The van der Waals surface area contributed by atoms with Gasteiger partial charge in [0.2, 0.25) is 0 Å². The molecule has 0 saturated carbocycles. The molecule has 30 heavy (non-hydrogen) atoms. The molecule has 0 amide bonds. The summed E-state index contributed by atoms with van der Waals surface area (Å²) in [6, 6.07) is 12.5. The maximum absolute atomic E-state index is 12.6. The standard InChI is InChI=1S/C25H28O5/c1-15(2)29-21-12-11-19-16(3)13-22(26)30-23(19)20(21)14-28-24(27)17-7-9-18(10-8-17)25(4,5)6/h7-13,15H,14H2,1-6H3. The van der Waals surface area contributed by atoms with Crippen molar-refractivity contribution in [3.8, 4) is 5.75 Å². The quantitative estimate of drug-likeness (QED) is 0.409. The predicted molar refractivity (Wildman–Crippen MR) is 117 cm³/mol. The highest BCUT2D eigenvalue weighted by atomic mass is 16.5. The van der Waals surface area contributed by atoms with Gasteiger partial charge in [0.1, 0.15) is 17.9 Å². The van der Waals surface area contributed by atoms with Crippen molar-refractivity contribution in [2.24, 2.45) is 0 Å². The number of hydrogen-bond acceptors (Lipinski definition) is 5. The first-order chi connectivity index (χ1) is 14.1. The molecule has 1 heterocycles. The number of hydrogen-bond donors (Lipinski definition) is 0. The van der Waals surface area contributed by atoms with E-state index in [4.69, 9.17) is 13.9 Å². The molecule has 0 radical (unpaired) electrons. The topological polar surface area (TPSA) is 65.7 Å². The second-order valence-corrected chi connectivity index (χ2v) is 8.74. The van der Waals surface area contributed by atoms with Crippen LogP contribution in [0.4, 0.5) is 0 Å². The van der Waals surface area contributed by atoms with E-state index in [1.807, 2.05) is 45.0 Å². The van der Waals surface area contributed by atoms with E-state index in [1.165, 1.54) is 6.07 Å². The summed E-state index contributed by atoms with van der Waals surface area (Å²) in [7, 11) is 0. The number of fused-ring (bicyclic) bond motifs is 1. The molecule has 0 unspecified atom stereocenters. The van der Waals surface area contributed by atoms with Crippen LogP contribution < -0.4 is 10.4 Å². The number of rotatable bonds is 5. The molecule has 1 aromatic heterocycles.